The van der Waals surface area contributed by atoms with Crippen molar-refractivity contribution >= 4 is 45.6 Å². The van der Waals surface area contributed by atoms with Crippen LogP contribution in [0.25, 0.3) is 21.5 Å². The summed E-state index contributed by atoms with van der Waals surface area (Å²) in [6.07, 6.45) is 0. The molecule has 4 N–H and O–H groups in total. The minimum absolute atomic E-state index is 0. The van der Waals surface area contributed by atoms with E-state index >= 15 is 0 Å². The Hall–Kier alpha value is -2.59. The van der Waals surface area contributed by atoms with E-state index in [1.807, 2.05) is 19.1 Å². The van der Waals surface area contributed by atoms with Crippen molar-refractivity contribution < 1.29 is 0 Å². The van der Waals surface area contributed by atoms with Crippen LogP contribution in [0.15, 0.2) is 64.8 Å². The molecular formula is C17H17ClN4. The highest BCUT2D eigenvalue weighted by atomic mass is 35.5. The first kappa shape index (κ1) is 15.8. The van der Waals surface area contributed by atoms with Gasteiger partial charge in [0.05, 0.1) is 5.71 Å². The van der Waals surface area contributed by atoms with Crippen LogP contribution in [-0.4, -0.2) is 11.7 Å². The van der Waals surface area contributed by atoms with Gasteiger partial charge in [-0.05, 0) is 40.1 Å². The summed E-state index contributed by atoms with van der Waals surface area (Å²) in [5, 5.41) is 12.6. The van der Waals surface area contributed by atoms with Gasteiger partial charge in [-0.15, -0.1) is 17.5 Å². The third kappa shape index (κ3) is 3.02. The molecule has 0 spiro atoms. The van der Waals surface area contributed by atoms with Crippen molar-refractivity contribution in [3.05, 3.63) is 60.2 Å². The number of nitrogens with zero attached hydrogens (tertiary/aromatic N) is 2. The van der Waals surface area contributed by atoms with Crippen molar-refractivity contribution in [2.45, 2.75) is 6.92 Å². The van der Waals surface area contributed by atoms with Gasteiger partial charge < -0.3 is 11.5 Å². The Labute approximate surface area is 134 Å². The maximum atomic E-state index is 5.30. The fourth-order valence-corrected chi connectivity index (χ4v) is 2.42. The summed E-state index contributed by atoms with van der Waals surface area (Å²) in [7, 11) is 0. The smallest absolute Gasteiger partial charge is 0.211 e. The molecule has 0 aliphatic heterocycles. The maximum Gasteiger partial charge on any atom is 0.211 e. The molecule has 3 rings (SSSR count). The van der Waals surface area contributed by atoms with Crippen LogP contribution in [0, 0.1) is 0 Å². The van der Waals surface area contributed by atoms with Crippen molar-refractivity contribution in [3.63, 3.8) is 0 Å². The molecule has 0 amide bonds. The van der Waals surface area contributed by atoms with E-state index in [1.165, 1.54) is 21.5 Å². The Morgan fingerprint density at radius 2 is 1.45 bits per heavy atom. The van der Waals surface area contributed by atoms with Crippen molar-refractivity contribution in [3.8, 4) is 0 Å². The highest BCUT2D eigenvalue weighted by molar-refractivity contribution is 6.10. The summed E-state index contributed by atoms with van der Waals surface area (Å²) >= 11 is 0. The average molecular weight is 313 g/mol. The van der Waals surface area contributed by atoms with Gasteiger partial charge in [0.1, 0.15) is 0 Å². The van der Waals surface area contributed by atoms with Crippen LogP contribution in [0.2, 0.25) is 0 Å². The Bertz CT molecular complexity index is 880. The summed E-state index contributed by atoms with van der Waals surface area (Å²) in [4.78, 5) is 0. The molecule has 4 nitrogen and oxygen atoms in total. The molecule has 5 heteroatoms. The number of hydrogen-bond donors (Lipinski definition) is 2. The minimum atomic E-state index is -0.0411. The fraction of sp³-hybridized carbons (Fsp3) is 0.0588. The monoisotopic (exact) mass is 312 g/mol. The standard InChI is InChI=1S/C17H16N4.ClH/c1-11(20-21-17(18)19)14-9-8-13-7-6-12-4-2-3-5-15(12)16(13)10-14;/h2-10H,1H3,(H4,18,19,21);1H. The molecule has 0 radical (unpaired) electrons. The number of nitrogens with two attached hydrogens (primary N) is 2. The van der Waals surface area contributed by atoms with E-state index in [0.29, 0.717) is 0 Å². The van der Waals surface area contributed by atoms with Gasteiger partial charge in [-0.1, -0.05) is 48.5 Å². The van der Waals surface area contributed by atoms with Crippen LogP contribution in [0.5, 0.6) is 0 Å². The maximum absolute atomic E-state index is 5.30. The summed E-state index contributed by atoms with van der Waals surface area (Å²) in [6, 6.07) is 18.8. The summed E-state index contributed by atoms with van der Waals surface area (Å²) in [5.74, 6) is -0.0411. The molecule has 0 aromatic heterocycles. The van der Waals surface area contributed by atoms with E-state index in [2.05, 4.69) is 52.7 Å². The lowest BCUT2D eigenvalue weighted by molar-refractivity contribution is 1.20. The summed E-state index contributed by atoms with van der Waals surface area (Å²) in [6.45, 7) is 1.89. The molecule has 0 aliphatic carbocycles. The number of halogens is 1. The number of rotatable bonds is 2. The predicted molar refractivity (Wildman–Crippen MR) is 96.7 cm³/mol. The lowest BCUT2D eigenvalue weighted by Gasteiger charge is -2.06. The van der Waals surface area contributed by atoms with E-state index in [1.54, 1.807) is 0 Å². The van der Waals surface area contributed by atoms with Gasteiger partial charge in [0.25, 0.3) is 0 Å². The van der Waals surface area contributed by atoms with Crippen molar-refractivity contribution in [2.24, 2.45) is 21.7 Å². The molecule has 112 valence electrons. The van der Waals surface area contributed by atoms with Gasteiger partial charge in [0.2, 0.25) is 5.96 Å². The van der Waals surface area contributed by atoms with Crippen LogP contribution in [0.4, 0.5) is 0 Å². The zero-order valence-electron chi connectivity index (χ0n) is 12.2. The van der Waals surface area contributed by atoms with Crippen LogP contribution < -0.4 is 11.5 Å². The quantitative estimate of drug-likeness (QED) is 0.329. The lowest BCUT2D eigenvalue weighted by atomic mass is 9.99. The van der Waals surface area contributed by atoms with E-state index < -0.39 is 0 Å². The number of guanidine groups is 1. The molecule has 0 fully saturated rings. The number of benzene rings is 3. The third-order valence-electron chi connectivity index (χ3n) is 3.48. The number of fused-ring (bicyclic) bond motifs is 3. The average Bonchev–Trinajstić information content (AvgIpc) is 2.52. The first-order chi connectivity index (χ1) is 10.1. The molecule has 0 saturated heterocycles. The van der Waals surface area contributed by atoms with E-state index in [-0.39, 0.29) is 18.4 Å². The van der Waals surface area contributed by atoms with Gasteiger partial charge in [-0.3, -0.25) is 0 Å². The van der Waals surface area contributed by atoms with Gasteiger partial charge in [-0.25, -0.2) is 0 Å². The van der Waals surface area contributed by atoms with E-state index in [0.717, 1.165) is 11.3 Å². The molecule has 0 unspecified atom stereocenters. The second kappa shape index (κ2) is 6.45. The predicted octanol–water partition coefficient (Wildman–Crippen LogP) is 3.41. The second-order valence-electron chi connectivity index (χ2n) is 4.93. The molecule has 0 bridgehead atoms. The first-order valence-electron chi connectivity index (χ1n) is 6.70. The molecule has 0 atom stereocenters. The zero-order valence-corrected chi connectivity index (χ0v) is 13.0. The first-order valence-corrected chi connectivity index (χ1v) is 6.70. The van der Waals surface area contributed by atoms with Crippen molar-refractivity contribution in [1.29, 1.82) is 0 Å². The Balaban J connectivity index is 0.00000176. The van der Waals surface area contributed by atoms with Gasteiger partial charge in [0, 0.05) is 0 Å². The summed E-state index contributed by atoms with van der Waals surface area (Å²) in [5.41, 5.74) is 12.4. The second-order valence-corrected chi connectivity index (χ2v) is 4.93. The van der Waals surface area contributed by atoms with Gasteiger partial charge in [-0.2, -0.15) is 5.10 Å². The highest BCUT2D eigenvalue weighted by Crippen LogP contribution is 2.26. The topological polar surface area (TPSA) is 76.8 Å². The fourth-order valence-electron chi connectivity index (χ4n) is 2.42. The van der Waals surface area contributed by atoms with Crippen LogP contribution in [-0.2, 0) is 0 Å². The lowest BCUT2D eigenvalue weighted by Crippen LogP contribution is -2.22. The van der Waals surface area contributed by atoms with E-state index in [9.17, 15) is 0 Å². The van der Waals surface area contributed by atoms with Crippen LogP contribution in [0.3, 0.4) is 0 Å². The molecule has 0 heterocycles. The largest absolute Gasteiger partial charge is 0.369 e. The zero-order chi connectivity index (χ0) is 14.8. The molecule has 3 aromatic rings. The molecule has 22 heavy (non-hydrogen) atoms. The van der Waals surface area contributed by atoms with Crippen LogP contribution >= 0.6 is 12.4 Å². The third-order valence-corrected chi connectivity index (χ3v) is 3.48. The Morgan fingerprint density at radius 3 is 2.18 bits per heavy atom. The van der Waals surface area contributed by atoms with Crippen LogP contribution in [0.1, 0.15) is 12.5 Å². The number of hydrogen-bond acceptors (Lipinski definition) is 2. The molecular weight excluding hydrogens is 296 g/mol. The Kier molecular flexibility index (Phi) is 4.63. The highest BCUT2D eigenvalue weighted by Gasteiger charge is 2.03. The van der Waals surface area contributed by atoms with E-state index in [4.69, 9.17) is 11.5 Å². The van der Waals surface area contributed by atoms with Gasteiger partial charge >= 0.3 is 0 Å². The normalized spacial score (nSPS) is 11.2. The van der Waals surface area contributed by atoms with Gasteiger partial charge in [0.15, 0.2) is 0 Å². The molecule has 0 aliphatic rings. The molecule has 3 aromatic carbocycles. The SMILES string of the molecule is CC(=NN=C(N)N)c1ccc2ccc3ccccc3c2c1.Cl. The van der Waals surface area contributed by atoms with Crippen molar-refractivity contribution in [1.82, 2.24) is 0 Å². The van der Waals surface area contributed by atoms with Crippen molar-refractivity contribution in [2.75, 3.05) is 0 Å². The Morgan fingerprint density at radius 1 is 0.818 bits per heavy atom. The minimum Gasteiger partial charge on any atom is -0.369 e. The summed E-state index contributed by atoms with van der Waals surface area (Å²) < 4.78 is 0. The molecule has 0 saturated carbocycles.